The van der Waals surface area contributed by atoms with E-state index in [4.69, 9.17) is 0 Å². The molecule has 0 bridgehead atoms. The Bertz CT molecular complexity index is 274. The summed E-state index contributed by atoms with van der Waals surface area (Å²) >= 11 is 4.65. The minimum absolute atomic E-state index is 0.0980. The van der Waals surface area contributed by atoms with Crippen molar-refractivity contribution in [3.63, 3.8) is 0 Å². The van der Waals surface area contributed by atoms with Gasteiger partial charge in [-0.05, 0) is 0 Å². The van der Waals surface area contributed by atoms with Crippen LogP contribution in [0.5, 0.6) is 0 Å². The Hall–Kier alpha value is 4.03. The molecule has 6 nitrogen and oxygen atoms in total. The number of hydrogen-bond donors (Lipinski definition) is 2. The summed E-state index contributed by atoms with van der Waals surface area (Å²) in [6.07, 6.45) is -0.0980. The van der Waals surface area contributed by atoms with E-state index in [1.54, 1.807) is 0 Å². The van der Waals surface area contributed by atoms with Gasteiger partial charge in [0.15, 0.2) is 0 Å². The van der Waals surface area contributed by atoms with Gasteiger partial charge in [0.1, 0.15) is 0 Å². The normalized spacial score (nSPS) is 13.1. The van der Waals surface area contributed by atoms with E-state index in [0.29, 0.717) is 0 Å². The Morgan fingerprint density at radius 3 is 1.25 bits per heavy atom. The summed E-state index contributed by atoms with van der Waals surface area (Å²) in [5, 5.41) is 0. The van der Waals surface area contributed by atoms with Gasteiger partial charge >= 0.3 is 196 Å². The molecule has 0 aliphatic rings. The van der Waals surface area contributed by atoms with Crippen LogP contribution in [-0.4, -0.2) is 184 Å². The number of nitrogens with zero attached hydrogens (tertiary/aromatic N) is 3. The first-order valence-corrected chi connectivity index (χ1v) is 15.0. The molecule has 0 unspecified atom stereocenters. The molecule has 98 valence electrons. The van der Waals surface area contributed by atoms with Gasteiger partial charge in [0.25, 0.3) is 0 Å². The SMILES string of the molecule is O=P(O)(O)CN(CCN([CH2][Na])[CH2][Na])CCN([CH2][Na])[CH2][Na]. The average Bonchev–Trinajstić information content (AvgIpc) is 2.39. The van der Waals surface area contributed by atoms with E-state index in [1.165, 1.54) is 0 Å². The molecular weight excluding hydrogens is 321 g/mol. The molecule has 11 heteroatoms. The average molecular weight is 341 g/mol. The zero-order valence-electron chi connectivity index (χ0n) is 13.5. The van der Waals surface area contributed by atoms with Crippen molar-refractivity contribution in [2.75, 3.05) is 47.6 Å². The van der Waals surface area contributed by atoms with Crippen LogP contribution in [0.2, 0.25) is 0 Å². The van der Waals surface area contributed by atoms with E-state index >= 15 is 0 Å². The second-order valence-electron chi connectivity index (χ2n) is 4.98. The fourth-order valence-electron chi connectivity index (χ4n) is 2.16. The van der Waals surface area contributed by atoms with Crippen LogP contribution < -0.4 is 0 Å². The summed E-state index contributed by atoms with van der Waals surface area (Å²) in [4.78, 5) is 25.2. The fourth-order valence-corrected chi connectivity index (χ4v) is 7.81. The Morgan fingerprint density at radius 2 is 1.00 bits per heavy atom. The molecular formula is C9H20N3Na4O3P. The predicted molar refractivity (Wildman–Crippen MR) is 84.4 cm³/mol. The van der Waals surface area contributed by atoms with Crippen molar-refractivity contribution in [1.82, 2.24) is 14.7 Å². The summed E-state index contributed by atoms with van der Waals surface area (Å²) in [7, 11) is -3.95. The van der Waals surface area contributed by atoms with Gasteiger partial charge in [-0.15, -0.1) is 0 Å². The molecule has 0 heterocycles. The van der Waals surface area contributed by atoms with Gasteiger partial charge in [-0.3, -0.25) is 0 Å². The molecule has 0 saturated heterocycles. The molecule has 0 aliphatic heterocycles. The quantitative estimate of drug-likeness (QED) is 0.303. The van der Waals surface area contributed by atoms with E-state index in [1.807, 2.05) is 4.90 Å². The van der Waals surface area contributed by atoms with E-state index < -0.39 is 7.60 Å². The Kier molecular flexibility index (Phi) is 17.1. The predicted octanol–water partition coefficient (Wildman–Crippen LogP) is -2.47. The molecule has 20 heavy (non-hydrogen) atoms. The van der Waals surface area contributed by atoms with Crippen molar-refractivity contribution in [3.8, 4) is 0 Å². The third-order valence-corrected chi connectivity index (χ3v) is 7.98. The minimum atomic E-state index is -3.95. The molecule has 0 spiro atoms. The van der Waals surface area contributed by atoms with Gasteiger partial charge in [0, 0.05) is 0 Å². The molecule has 0 radical (unpaired) electrons. The second-order valence-corrected chi connectivity index (χ2v) is 9.12. The Balaban J connectivity index is 4.37. The van der Waals surface area contributed by atoms with Crippen LogP contribution >= 0.6 is 7.60 Å². The molecule has 0 rings (SSSR count). The molecule has 0 aliphatic carbocycles. The first-order valence-electron chi connectivity index (χ1n) is 7.57. The summed E-state index contributed by atoms with van der Waals surface area (Å²) in [5.74, 6) is 0. The molecule has 0 aromatic rings. The van der Waals surface area contributed by atoms with Crippen molar-refractivity contribution in [1.29, 1.82) is 0 Å². The standard InChI is InChI=1S/C9H20N3O3P.4Na/c1-10(2)5-7-12(8-6-11(3)4)9-16(13,14)15;;;;/h1-9H2,(H2,13,14,15);;;;. The molecule has 0 atom stereocenters. The summed E-state index contributed by atoms with van der Waals surface area (Å²) in [6, 6.07) is 0. The van der Waals surface area contributed by atoms with Crippen molar-refractivity contribution in [3.05, 3.63) is 0 Å². The van der Waals surface area contributed by atoms with Gasteiger partial charge in [-0.1, -0.05) is 0 Å². The van der Waals surface area contributed by atoms with Gasteiger partial charge in [0.05, 0.1) is 0 Å². The number of hydrogen-bond acceptors (Lipinski definition) is 4. The topological polar surface area (TPSA) is 67.2 Å². The summed E-state index contributed by atoms with van der Waals surface area (Å²) in [6.45, 7) is 3.42. The van der Waals surface area contributed by atoms with Crippen LogP contribution in [0, 0.1) is 0 Å². The maximum absolute atomic E-state index is 11.3. The number of rotatable bonds is 12. The van der Waals surface area contributed by atoms with Crippen molar-refractivity contribution in [2.45, 2.75) is 0 Å². The van der Waals surface area contributed by atoms with Crippen molar-refractivity contribution < 1.29 is 14.4 Å². The summed E-state index contributed by atoms with van der Waals surface area (Å²) < 4.78 is 15.9. The third-order valence-electron chi connectivity index (χ3n) is 3.64. The molecule has 0 fully saturated rings. The van der Waals surface area contributed by atoms with Crippen LogP contribution in [0.4, 0.5) is 0 Å². The van der Waals surface area contributed by atoms with E-state index in [0.717, 1.165) is 153 Å². The molecule has 0 saturated carbocycles. The van der Waals surface area contributed by atoms with Gasteiger partial charge in [0.2, 0.25) is 0 Å². The Morgan fingerprint density at radius 1 is 0.700 bits per heavy atom. The van der Waals surface area contributed by atoms with E-state index in [-0.39, 0.29) is 6.29 Å². The van der Waals surface area contributed by atoms with Gasteiger partial charge < -0.3 is 0 Å². The first kappa shape index (κ1) is 24.0. The van der Waals surface area contributed by atoms with E-state index in [9.17, 15) is 14.4 Å². The molecule has 0 aromatic carbocycles. The van der Waals surface area contributed by atoms with Gasteiger partial charge in [-0.2, -0.15) is 0 Å². The molecule has 0 aromatic heterocycles. The molecule has 0 amide bonds. The van der Waals surface area contributed by atoms with Crippen LogP contribution in [0.3, 0.4) is 0 Å². The zero-order chi connectivity index (χ0) is 15.6. The second kappa shape index (κ2) is 14.2. The first-order chi connectivity index (χ1) is 9.36. The van der Waals surface area contributed by atoms with Crippen LogP contribution in [0.15, 0.2) is 0 Å². The van der Waals surface area contributed by atoms with Crippen LogP contribution in [0.1, 0.15) is 0 Å². The monoisotopic (exact) mass is 341 g/mol. The fraction of sp³-hybridized carbons (Fsp3) is 1.00. The molecule has 2 N–H and O–H groups in total. The Labute approximate surface area is 192 Å². The maximum atomic E-state index is 11.3. The van der Waals surface area contributed by atoms with E-state index in [2.05, 4.69) is 9.80 Å². The van der Waals surface area contributed by atoms with Crippen molar-refractivity contribution >= 4 is 119 Å². The van der Waals surface area contributed by atoms with Crippen LogP contribution in [-0.2, 0) is 4.57 Å². The van der Waals surface area contributed by atoms with Crippen LogP contribution in [0.25, 0.3) is 0 Å². The summed E-state index contributed by atoms with van der Waals surface area (Å²) in [5.41, 5.74) is 0. The van der Waals surface area contributed by atoms with Crippen molar-refractivity contribution in [2.24, 2.45) is 0 Å². The zero-order valence-corrected chi connectivity index (χ0v) is 22.3. The third kappa shape index (κ3) is 13.3. The van der Waals surface area contributed by atoms with Gasteiger partial charge in [-0.25, -0.2) is 0 Å².